The van der Waals surface area contributed by atoms with Gasteiger partial charge in [0.25, 0.3) is 0 Å². The molecular formula is C20H29NO3. The second-order valence-electron chi connectivity index (χ2n) is 7.39. The van der Waals surface area contributed by atoms with Crippen LogP contribution < -0.4 is 0 Å². The SMILES string of the molecule is Cc1cc(C)cc(CCC(=O)N2CCOC[C@@H]2[C@H]2CCC[C@@H]2O)c1. The molecule has 0 unspecified atom stereocenters. The number of carbonyl (C=O) groups excluding carboxylic acids is 1. The van der Waals surface area contributed by atoms with Gasteiger partial charge in [-0.2, -0.15) is 0 Å². The van der Waals surface area contributed by atoms with Crippen LogP contribution in [0.1, 0.15) is 42.4 Å². The molecule has 4 heteroatoms. The zero-order valence-corrected chi connectivity index (χ0v) is 14.8. The van der Waals surface area contributed by atoms with Crippen molar-refractivity contribution in [2.75, 3.05) is 19.8 Å². The molecule has 2 aliphatic rings. The number of rotatable bonds is 4. The Morgan fingerprint density at radius 1 is 1.25 bits per heavy atom. The van der Waals surface area contributed by atoms with E-state index in [1.807, 2.05) is 4.90 Å². The highest BCUT2D eigenvalue weighted by molar-refractivity contribution is 5.77. The monoisotopic (exact) mass is 331 g/mol. The molecule has 132 valence electrons. The molecule has 0 aromatic heterocycles. The van der Waals surface area contributed by atoms with Gasteiger partial charge in [0.15, 0.2) is 0 Å². The Labute approximate surface area is 144 Å². The Balaban J connectivity index is 1.63. The van der Waals surface area contributed by atoms with Crippen LogP contribution in [-0.4, -0.2) is 47.8 Å². The van der Waals surface area contributed by atoms with E-state index in [2.05, 4.69) is 32.0 Å². The van der Waals surface area contributed by atoms with Crippen LogP contribution in [0.3, 0.4) is 0 Å². The number of benzene rings is 1. The van der Waals surface area contributed by atoms with Crippen molar-refractivity contribution < 1.29 is 14.6 Å². The molecule has 1 amide bonds. The fourth-order valence-corrected chi connectivity index (χ4v) is 4.31. The molecular weight excluding hydrogens is 302 g/mol. The fourth-order valence-electron chi connectivity index (χ4n) is 4.31. The lowest BCUT2D eigenvalue weighted by Gasteiger charge is -2.40. The number of hydrogen-bond acceptors (Lipinski definition) is 3. The van der Waals surface area contributed by atoms with Crippen LogP contribution in [0.2, 0.25) is 0 Å². The molecule has 0 spiro atoms. The van der Waals surface area contributed by atoms with Crippen LogP contribution in [0.25, 0.3) is 0 Å². The number of aliphatic hydroxyl groups is 1. The van der Waals surface area contributed by atoms with Crippen molar-refractivity contribution in [3.8, 4) is 0 Å². The first-order valence-electron chi connectivity index (χ1n) is 9.17. The van der Waals surface area contributed by atoms with Gasteiger partial charge in [-0.3, -0.25) is 4.79 Å². The number of hydrogen-bond donors (Lipinski definition) is 1. The molecule has 1 saturated heterocycles. The lowest BCUT2D eigenvalue weighted by atomic mass is 9.93. The first-order chi connectivity index (χ1) is 11.5. The van der Waals surface area contributed by atoms with Gasteiger partial charge in [-0.25, -0.2) is 0 Å². The summed E-state index contributed by atoms with van der Waals surface area (Å²) in [5, 5.41) is 10.2. The number of carbonyl (C=O) groups is 1. The van der Waals surface area contributed by atoms with Gasteiger partial charge < -0.3 is 14.7 Å². The Kier molecular flexibility index (Phi) is 5.57. The summed E-state index contributed by atoms with van der Waals surface area (Å²) >= 11 is 0. The van der Waals surface area contributed by atoms with Crippen LogP contribution in [0.5, 0.6) is 0 Å². The van der Waals surface area contributed by atoms with Crippen molar-refractivity contribution in [2.45, 2.75) is 58.1 Å². The highest BCUT2D eigenvalue weighted by Crippen LogP contribution is 2.32. The quantitative estimate of drug-likeness (QED) is 0.923. The molecule has 1 heterocycles. The van der Waals surface area contributed by atoms with Crippen molar-refractivity contribution in [3.63, 3.8) is 0 Å². The number of nitrogens with zero attached hydrogens (tertiary/aromatic N) is 1. The molecule has 1 aliphatic heterocycles. The number of aliphatic hydroxyl groups excluding tert-OH is 1. The fraction of sp³-hybridized carbons (Fsp3) is 0.650. The summed E-state index contributed by atoms with van der Waals surface area (Å²) in [5.41, 5.74) is 3.72. The minimum absolute atomic E-state index is 0.0444. The molecule has 2 fully saturated rings. The van der Waals surface area contributed by atoms with E-state index in [4.69, 9.17) is 4.74 Å². The van der Waals surface area contributed by atoms with Gasteiger partial charge in [-0.15, -0.1) is 0 Å². The van der Waals surface area contributed by atoms with Crippen LogP contribution in [-0.2, 0) is 16.0 Å². The van der Waals surface area contributed by atoms with Gasteiger partial charge in [0.05, 0.1) is 25.4 Å². The average Bonchev–Trinajstić information content (AvgIpc) is 2.97. The maximum Gasteiger partial charge on any atom is 0.223 e. The molecule has 0 radical (unpaired) electrons. The van der Waals surface area contributed by atoms with Gasteiger partial charge in [0.2, 0.25) is 5.91 Å². The third-order valence-electron chi connectivity index (χ3n) is 5.42. The lowest BCUT2D eigenvalue weighted by molar-refractivity contribution is -0.143. The smallest absolute Gasteiger partial charge is 0.223 e. The van der Waals surface area contributed by atoms with Gasteiger partial charge in [0, 0.05) is 18.9 Å². The summed E-state index contributed by atoms with van der Waals surface area (Å²) in [6.07, 6.45) is 3.92. The van der Waals surface area contributed by atoms with Crippen LogP contribution in [0.15, 0.2) is 18.2 Å². The number of morpholine rings is 1. The number of aryl methyl sites for hydroxylation is 3. The lowest BCUT2D eigenvalue weighted by Crippen LogP contribution is -2.53. The summed E-state index contributed by atoms with van der Waals surface area (Å²) < 4.78 is 5.61. The van der Waals surface area contributed by atoms with Crippen molar-refractivity contribution in [1.29, 1.82) is 0 Å². The average molecular weight is 331 g/mol. The van der Waals surface area contributed by atoms with E-state index in [-0.39, 0.29) is 24.0 Å². The topological polar surface area (TPSA) is 49.8 Å². The van der Waals surface area contributed by atoms with Gasteiger partial charge in [-0.05, 0) is 38.7 Å². The van der Waals surface area contributed by atoms with Gasteiger partial charge >= 0.3 is 0 Å². The molecule has 1 saturated carbocycles. The zero-order valence-electron chi connectivity index (χ0n) is 14.8. The van der Waals surface area contributed by atoms with E-state index in [0.717, 1.165) is 25.7 Å². The largest absolute Gasteiger partial charge is 0.393 e. The number of amides is 1. The molecule has 1 aromatic rings. The molecule has 24 heavy (non-hydrogen) atoms. The Morgan fingerprint density at radius 2 is 2.00 bits per heavy atom. The molecule has 1 N–H and O–H groups in total. The maximum atomic E-state index is 12.8. The first kappa shape index (κ1) is 17.4. The first-order valence-corrected chi connectivity index (χ1v) is 9.17. The second kappa shape index (κ2) is 7.66. The summed E-state index contributed by atoms with van der Waals surface area (Å²) in [4.78, 5) is 14.8. The third kappa shape index (κ3) is 3.98. The van der Waals surface area contributed by atoms with Crippen LogP contribution in [0, 0.1) is 19.8 Å². The predicted molar refractivity (Wildman–Crippen MR) is 93.9 cm³/mol. The van der Waals surface area contributed by atoms with E-state index in [9.17, 15) is 9.90 Å². The molecule has 3 atom stereocenters. The normalized spacial score (nSPS) is 27.5. The van der Waals surface area contributed by atoms with E-state index >= 15 is 0 Å². The molecule has 3 rings (SSSR count). The van der Waals surface area contributed by atoms with Gasteiger partial charge in [0.1, 0.15) is 0 Å². The highest BCUT2D eigenvalue weighted by Gasteiger charge is 2.39. The molecule has 1 aromatic carbocycles. The standard InChI is InChI=1S/C20H29NO3/c1-14-10-15(2)12-16(11-14)6-7-20(23)21-8-9-24-13-18(21)17-4-3-5-19(17)22/h10-12,17-19,22H,3-9,13H2,1-2H3/t17-,18-,19+/m1/s1. The minimum atomic E-state index is -0.286. The summed E-state index contributed by atoms with van der Waals surface area (Å²) in [5.74, 6) is 0.372. The maximum absolute atomic E-state index is 12.8. The number of ether oxygens (including phenoxy) is 1. The highest BCUT2D eigenvalue weighted by atomic mass is 16.5. The Hall–Kier alpha value is -1.39. The van der Waals surface area contributed by atoms with E-state index in [1.165, 1.54) is 16.7 Å². The third-order valence-corrected chi connectivity index (χ3v) is 5.42. The van der Waals surface area contributed by atoms with Crippen LogP contribution in [0.4, 0.5) is 0 Å². The van der Waals surface area contributed by atoms with Gasteiger partial charge in [-0.1, -0.05) is 35.7 Å². The van der Waals surface area contributed by atoms with Crippen molar-refractivity contribution in [1.82, 2.24) is 4.90 Å². The Bertz CT molecular complexity index is 566. The molecule has 0 bridgehead atoms. The Morgan fingerprint density at radius 3 is 2.67 bits per heavy atom. The molecule has 4 nitrogen and oxygen atoms in total. The van der Waals surface area contributed by atoms with E-state index in [0.29, 0.717) is 26.2 Å². The van der Waals surface area contributed by atoms with Crippen molar-refractivity contribution in [3.05, 3.63) is 34.9 Å². The van der Waals surface area contributed by atoms with Crippen LogP contribution >= 0.6 is 0 Å². The van der Waals surface area contributed by atoms with Crippen molar-refractivity contribution >= 4 is 5.91 Å². The zero-order chi connectivity index (χ0) is 17.1. The predicted octanol–water partition coefficient (Wildman–Crippen LogP) is 2.62. The van der Waals surface area contributed by atoms with E-state index in [1.54, 1.807) is 0 Å². The minimum Gasteiger partial charge on any atom is -0.393 e. The van der Waals surface area contributed by atoms with Crippen molar-refractivity contribution in [2.24, 2.45) is 5.92 Å². The second-order valence-corrected chi connectivity index (χ2v) is 7.39. The summed E-state index contributed by atoms with van der Waals surface area (Å²) in [6, 6.07) is 6.53. The summed E-state index contributed by atoms with van der Waals surface area (Å²) in [6.45, 7) is 6.01. The summed E-state index contributed by atoms with van der Waals surface area (Å²) in [7, 11) is 0. The van der Waals surface area contributed by atoms with E-state index < -0.39 is 0 Å². The molecule has 1 aliphatic carbocycles.